The zero-order valence-electron chi connectivity index (χ0n) is 6.36. The van der Waals surface area contributed by atoms with Gasteiger partial charge in [-0.2, -0.15) is 0 Å². The predicted octanol–water partition coefficient (Wildman–Crippen LogP) is 0.796. The Morgan fingerprint density at radius 2 is 2.33 bits per heavy atom. The average Bonchev–Trinajstić information content (AvgIpc) is 2.28. The van der Waals surface area contributed by atoms with Gasteiger partial charge in [-0.05, 0) is 6.07 Å². The number of aliphatic carboxylic acids is 1. The number of aromatic nitrogens is 1. The van der Waals surface area contributed by atoms with E-state index in [1.54, 1.807) is 7.05 Å². The minimum Gasteiger partial charge on any atom is -0.479 e. The Morgan fingerprint density at radius 1 is 1.75 bits per heavy atom. The molecule has 12 heavy (non-hydrogen) atoms. The Balaban J connectivity index is 3.02. The van der Waals surface area contributed by atoms with Gasteiger partial charge in [0.1, 0.15) is 0 Å². The van der Waals surface area contributed by atoms with Crippen LogP contribution in [0.2, 0.25) is 5.02 Å². The van der Waals surface area contributed by atoms with Crippen molar-refractivity contribution in [3.63, 3.8) is 0 Å². The molecule has 0 spiro atoms. The number of carboxylic acids is 1. The van der Waals surface area contributed by atoms with Crippen LogP contribution >= 0.6 is 11.6 Å². The van der Waals surface area contributed by atoms with Crippen LogP contribution in [-0.4, -0.2) is 20.7 Å². The van der Waals surface area contributed by atoms with Crippen molar-refractivity contribution in [3.8, 4) is 0 Å². The minimum atomic E-state index is -1.51. The van der Waals surface area contributed by atoms with Gasteiger partial charge in [0.05, 0.1) is 10.7 Å². The third-order valence-electron chi connectivity index (χ3n) is 1.52. The summed E-state index contributed by atoms with van der Waals surface area (Å²) in [5, 5.41) is 18.0. The fraction of sp³-hybridized carbons (Fsp3) is 0.286. The summed E-state index contributed by atoms with van der Waals surface area (Å²) in [4.78, 5) is 10.4. The van der Waals surface area contributed by atoms with Gasteiger partial charge in [0.2, 0.25) is 0 Å². The number of halogens is 1. The van der Waals surface area contributed by atoms with Gasteiger partial charge in [-0.1, -0.05) is 11.6 Å². The Kier molecular flexibility index (Phi) is 2.40. The van der Waals surface area contributed by atoms with Crippen molar-refractivity contribution in [2.75, 3.05) is 0 Å². The molecule has 1 rings (SSSR count). The number of carbonyl (C=O) groups is 1. The highest BCUT2D eigenvalue weighted by atomic mass is 35.5. The van der Waals surface area contributed by atoms with E-state index in [1.165, 1.54) is 16.8 Å². The fourth-order valence-electron chi connectivity index (χ4n) is 0.938. The molecule has 1 aromatic rings. The van der Waals surface area contributed by atoms with Gasteiger partial charge in [0.15, 0.2) is 6.10 Å². The van der Waals surface area contributed by atoms with E-state index in [0.717, 1.165) is 0 Å². The number of carboxylic acid groups (broad SMARTS) is 1. The van der Waals surface area contributed by atoms with E-state index in [9.17, 15) is 4.79 Å². The second-order valence-electron chi connectivity index (χ2n) is 2.43. The first kappa shape index (κ1) is 9.09. The van der Waals surface area contributed by atoms with Gasteiger partial charge in [0, 0.05) is 13.2 Å². The lowest BCUT2D eigenvalue weighted by Gasteiger charge is -2.05. The van der Waals surface area contributed by atoms with Crippen LogP contribution in [0.5, 0.6) is 0 Å². The van der Waals surface area contributed by atoms with E-state index in [4.69, 9.17) is 21.8 Å². The van der Waals surface area contributed by atoms with Gasteiger partial charge in [-0.3, -0.25) is 0 Å². The molecule has 1 atom stereocenters. The molecule has 1 unspecified atom stereocenters. The number of rotatable bonds is 2. The summed E-state index contributed by atoms with van der Waals surface area (Å²) in [6.45, 7) is 0. The van der Waals surface area contributed by atoms with Crippen molar-refractivity contribution in [1.82, 2.24) is 4.57 Å². The van der Waals surface area contributed by atoms with E-state index < -0.39 is 12.1 Å². The van der Waals surface area contributed by atoms with E-state index in [-0.39, 0.29) is 5.69 Å². The highest BCUT2D eigenvalue weighted by molar-refractivity contribution is 6.30. The first-order chi connectivity index (χ1) is 5.52. The molecular weight excluding hydrogens is 182 g/mol. The number of nitrogens with zero attached hydrogens (tertiary/aromatic N) is 1. The first-order valence-corrected chi connectivity index (χ1v) is 3.63. The van der Waals surface area contributed by atoms with Crippen molar-refractivity contribution >= 4 is 17.6 Å². The molecule has 4 nitrogen and oxygen atoms in total. The zero-order valence-corrected chi connectivity index (χ0v) is 7.12. The highest BCUT2D eigenvalue weighted by Crippen LogP contribution is 2.19. The molecule has 0 saturated heterocycles. The van der Waals surface area contributed by atoms with Gasteiger partial charge in [-0.25, -0.2) is 4.79 Å². The lowest BCUT2D eigenvalue weighted by molar-refractivity contribution is -0.147. The topological polar surface area (TPSA) is 62.5 Å². The third-order valence-corrected chi connectivity index (χ3v) is 1.73. The Labute approximate surface area is 74.0 Å². The first-order valence-electron chi connectivity index (χ1n) is 3.25. The average molecular weight is 190 g/mol. The molecule has 66 valence electrons. The molecule has 0 aliphatic heterocycles. The van der Waals surface area contributed by atoms with Crippen LogP contribution in [0.15, 0.2) is 12.3 Å². The largest absolute Gasteiger partial charge is 0.479 e. The fourth-order valence-corrected chi connectivity index (χ4v) is 1.20. The molecule has 0 aliphatic rings. The van der Waals surface area contributed by atoms with Crippen LogP contribution in [0.4, 0.5) is 0 Å². The van der Waals surface area contributed by atoms with Gasteiger partial charge in [-0.15, -0.1) is 0 Å². The number of aryl methyl sites for hydroxylation is 1. The van der Waals surface area contributed by atoms with Crippen LogP contribution in [0.3, 0.4) is 0 Å². The molecule has 0 fully saturated rings. The van der Waals surface area contributed by atoms with Crippen molar-refractivity contribution < 1.29 is 15.0 Å². The molecule has 1 aromatic heterocycles. The maximum absolute atomic E-state index is 10.4. The van der Waals surface area contributed by atoms with Crippen molar-refractivity contribution in [3.05, 3.63) is 23.0 Å². The summed E-state index contributed by atoms with van der Waals surface area (Å²) < 4.78 is 1.47. The summed E-state index contributed by atoms with van der Waals surface area (Å²) in [6.07, 6.45) is 0.0192. The smallest absolute Gasteiger partial charge is 0.338 e. The molecule has 5 heteroatoms. The Hall–Kier alpha value is -1.00. The van der Waals surface area contributed by atoms with Crippen molar-refractivity contribution in [2.45, 2.75) is 6.10 Å². The van der Waals surface area contributed by atoms with Crippen LogP contribution in [0.25, 0.3) is 0 Å². The predicted molar refractivity (Wildman–Crippen MR) is 43.0 cm³/mol. The molecule has 0 saturated carbocycles. The Bertz CT molecular complexity index is 308. The second-order valence-corrected chi connectivity index (χ2v) is 2.87. The Morgan fingerprint density at radius 3 is 2.67 bits per heavy atom. The molecule has 0 aliphatic carbocycles. The number of aliphatic hydroxyl groups is 1. The van der Waals surface area contributed by atoms with Crippen molar-refractivity contribution in [1.29, 1.82) is 0 Å². The van der Waals surface area contributed by atoms with Crippen LogP contribution in [-0.2, 0) is 11.8 Å². The lowest BCUT2D eigenvalue weighted by atomic mass is 10.2. The molecule has 0 amide bonds. The van der Waals surface area contributed by atoms with E-state index in [1.807, 2.05) is 0 Å². The molecular formula is C7H8ClNO3. The quantitative estimate of drug-likeness (QED) is 0.723. The summed E-state index contributed by atoms with van der Waals surface area (Å²) in [6, 6.07) is 1.42. The van der Waals surface area contributed by atoms with E-state index >= 15 is 0 Å². The molecule has 0 radical (unpaired) electrons. The number of hydrogen-bond acceptors (Lipinski definition) is 2. The summed E-state index contributed by atoms with van der Waals surface area (Å²) in [5.74, 6) is -1.28. The van der Waals surface area contributed by atoms with Crippen molar-refractivity contribution in [2.24, 2.45) is 7.05 Å². The lowest BCUT2D eigenvalue weighted by Crippen LogP contribution is -2.13. The normalized spacial score (nSPS) is 12.9. The SMILES string of the molecule is Cn1cc(Cl)cc1C(O)C(=O)O. The number of aliphatic hydroxyl groups excluding tert-OH is 1. The maximum atomic E-state index is 10.4. The molecule has 1 heterocycles. The summed E-state index contributed by atoms with van der Waals surface area (Å²) >= 11 is 5.59. The summed E-state index contributed by atoms with van der Waals surface area (Å²) in [7, 11) is 1.62. The zero-order chi connectivity index (χ0) is 9.30. The monoisotopic (exact) mass is 189 g/mol. The second kappa shape index (κ2) is 3.16. The summed E-state index contributed by atoms with van der Waals surface area (Å²) in [5.41, 5.74) is 0.271. The van der Waals surface area contributed by atoms with Gasteiger partial charge >= 0.3 is 5.97 Å². The molecule has 2 N–H and O–H groups in total. The molecule has 0 aromatic carbocycles. The van der Waals surface area contributed by atoms with Crippen LogP contribution in [0, 0.1) is 0 Å². The van der Waals surface area contributed by atoms with E-state index in [2.05, 4.69) is 0 Å². The van der Waals surface area contributed by atoms with Crippen LogP contribution in [0.1, 0.15) is 11.8 Å². The van der Waals surface area contributed by atoms with Gasteiger partial charge < -0.3 is 14.8 Å². The molecule has 0 bridgehead atoms. The van der Waals surface area contributed by atoms with Crippen LogP contribution < -0.4 is 0 Å². The highest BCUT2D eigenvalue weighted by Gasteiger charge is 2.19. The third kappa shape index (κ3) is 1.60. The maximum Gasteiger partial charge on any atom is 0.338 e. The van der Waals surface area contributed by atoms with Gasteiger partial charge in [0.25, 0.3) is 0 Å². The number of hydrogen-bond donors (Lipinski definition) is 2. The minimum absolute atomic E-state index is 0.271. The van der Waals surface area contributed by atoms with E-state index in [0.29, 0.717) is 5.02 Å². The standard InChI is InChI=1S/C7H8ClNO3/c1-9-3-4(8)2-5(9)6(10)7(11)12/h2-3,6,10H,1H3,(H,11,12).